The monoisotopic (exact) mass is 288 g/mol. The molecule has 72 valence electrons. The van der Waals surface area contributed by atoms with Gasteiger partial charge in [-0.3, -0.25) is 0 Å². The van der Waals surface area contributed by atoms with E-state index in [-0.39, 0.29) is 0 Å². The van der Waals surface area contributed by atoms with E-state index in [2.05, 4.69) is 25.3 Å². The van der Waals surface area contributed by atoms with Crippen molar-refractivity contribution in [1.82, 2.24) is 9.36 Å². The van der Waals surface area contributed by atoms with E-state index in [1.807, 2.05) is 24.3 Å². The number of benzene rings is 1. The molecule has 0 aliphatic heterocycles. The van der Waals surface area contributed by atoms with Gasteiger partial charge < -0.3 is 0 Å². The standard InChI is InChI=1S/C9H6BrClN2S/c10-9-12-8(13-14-9)5-6-1-3-7(11)4-2-6/h1-4H,5H2. The molecule has 2 aromatic rings. The predicted octanol–water partition coefficient (Wildman–Crippen LogP) is 3.54. The quantitative estimate of drug-likeness (QED) is 0.845. The zero-order chi connectivity index (χ0) is 9.97. The van der Waals surface area contributed by atoms with Gasteiger partial charge in [-0.1, -0.05) is 23.7 Å². The van der Waals surface area contributed by atoms with Gasteiger partial charge >= 0.3 is 0 Å². The maximum absolute atomic E-state index is 5.78. The Labute approximate surface area is 99.2 Å². The maximum Gasteiger partial charge on any atom is 0.179 e. The molecule has 0 N–H and O–H groups in total. The van der Waals surface area contributed by atoms with Crippen molar-refractivity contribution in [2.24, 2.45) is 0 Å². The van der Waals surface area contributed by atoms with E-state index in [1.165, 1.54) is 17.1 Å². The predicted molar refractivity (Wildman–Crippen MR) is 61.9 cm³/mol. The van der Waals surface area contributed by atoms with Gasteiger partial charge in [0, 0.05) is 11.4 Å². The molecule has 0 radical (unpaired) electrons. The minimum absolute atomic E-state index is 0.749. The Balaban J connectivity index is 2.15. The fourth-order valence-electron chi connectivity index (χ4n) is 1.09. The first-order chi connectivity index (χ1) is 6.74. The summed E-state index contributed by atoms with van der Waals surface area (Å²) in [4.78, 5) is 4.22. The van der Waals surface area contributed by atoms with E-state index in [4.69, 9.17) is 11.6 Å². The Hall–Kier alpha value is -0.450. The maximum atomic E-state index is 5.78. The number of rotatable bonds is 2. The summed E-state index contributed by atoms with van der Waals surface area (Å²) < 4.78 is 5.00. The van der Waals surface area contributed by atoms with Gasteiger partial charge in [-0.15, -0.1) is 0 Å². The lowest BCUT2D eigenvalue weighted by molar-refractivity contribution is 1.03. The molecule has 0 fully saturated rings. The molecule has 1 aromatic heterocycles. The molecule has 2 nitrogen and oxygen atoms in total. The van der Waals surface area contributed by atoms with Crippen molar-refractivity contribution in [2.45, 2.75) is 6.42 Å². The van der Waals surface area contributed by atoms with Crippen LogP contribution in [0.25, 0.3) is 0 Å². The number of halogens is 2. The van der Waals surface area contributed by atoms with Crippen molar-refractivity contribution < 1.29 is 0 Å². The number of hydrogen-bond acceptors (Lipinski definition) is 3. The SMILES string of the molecule is Clc1ccc(Cc2nsc(Br)n2)cc1. The van der Waals surface area contributed by atoms with Crippen molar-refractivity contribution in [2.75, 3.05) is 0 Å². The molecule has 0 unspecified atom stereocenters. The first kappa shape index (κ1) is 10.1. The Bertz CT molecular complexity index is 427. The normalized spacial score (nSPS) is 10.4. The van der Waals surface area contributed by atoms with Gasteiger partial charge in [0.2, 0.25) is 0 Å². The molecule has 14 heavy (non-hydrogen) atoms. The molecule has 0 bridgehead atoms. The van der Waals surface area contributed by atoms with Crippen molar-refractivity contribution in [3.05, 3.63) is 44.6 Å². The molecule has 2 rings (SSSR count). The van der Waals surface area contributed by atoms with Crippen molar-refractivity contribution in [3.8, 4) is 0 Å². The molecular weight excluding hydrogens is 284 g/mol. The smallest absolute Gasteiger partial charge is 0.179 e. The second-order valence-corrected chi connectivity index (χ2v) is 5.23. The lowest BCUT2D eigenvalue weighted by Crippen LogP contribution is -1.89. The van der Waals surface area contributed by atoms with Crippen LogP contribution >= 0.6 is 39.1 Å². The third-order valence-corrected chi connectivity index (χ3v) is 3.13. The van der Waals surface area contributed by atoms with Crippen molar-refractivity contribution in [3.63, 3.8) is 0 Å². The summed E-state index contributed by atoms with van der Waals surface area (Å²) in [5.41, 5.74) is 1.17. The Kier molecular flexibility index (Phi) is 3.15. The highest BCUT2D eigenvalue weighted by Crippen LogP contribution is 2.16. The Morgan fingerprint density at radius 2 is 2.00 bits per heavy atom. The summed E-state index contributed by atoms with van der Waals surface area (Å²) in [6.07, 6.45) is 0.749. The van der Waals surface area contributed by atoms with Crippen molar-refractivity contribution in [1.29, 1.82) is 0 Å². The number of aromatic nitrogens is 2. The summed E-state index contributed by atoms with van der Waals surface area (Å²) in [6, 6.07) is 7.71. The van der Waals surface area contributed by atoms with Crippen LogP contribution in [0.4, 0.5) is 0 Å². The summed E-state index contributed by atoms with van der Waals surface area (Å²) in [5, 5.41) is 0.751. The summed E-state index contributed by atoms with van der Waals surface area (Å²) in [6.45, 7) is 0. The highest BCUT2D eigenvalue weighted by atomic mass is 79.9. The van der Waals surface area contributed by atoms with Gasteiger partial charge in [-0.25, -0.2) is 4.98 Å². The fourth-order valence-corrected chi connectivity index (χ4v) is 2.07. The van der Waals surface area contributed by atoms with E-state index in [1.54, 1.807) is 0 Å². The van der Waals surface area contributed by atoms with Crippen LogP contribution in [0.2, 0.25) is 5.02 Å². The van der Waals surface area contributed by atoms with E-state index < -0.39 is 0 Å². The molecular formula is C9H6BrClN2S. The number of hydrogen-bond donors (Lipinski definition) is 0. The van der Waals surface area contributed by atoms with Crippen LogP contribution in [0.3, 0.4) is 0 Å². The molecule has 5 heteroatoms. The van der Waals surface area contributed by atoms with Crippen LogP contribution in [-0.2, 0) is 6.42 Å². The molecule has 1 heterocycles. The largest absolute Gasteiger partial charge is 0.212 e. The average Bonchev–Trinajstić information content (AvgIpc) is 2.56. The van der Waals surface area contributed by atoms with Crippen LogP contribution in [0.5, 0.6) is 0 Å². The summed E-state index contributed by atoms with van der Waals surface area (Å²) in [5.74, 6) is 0.837. The molecule has 0 amide bonds. The van der Waals surface area contributed by atoms with E-state index in [0.29, 0.717) is 0 Å². The zero-order valence-electron chi connectivity index (χ0n) is 7.08. The third kappa shape index (κ3) is 2.53. The minimum atomic E-state index is 0.749. The topological polar surface area (TPSA) is 25.8 Å². The van der Waals surface area contributed by atoms with Gasteiger partial charge in [-0.2, -0.15) is 4.37 Å². The van der Waals surface area contributed by atoms with Gasteiger partial charge in [0.1, 0.15) is 5.82 Å². The Morgan fingerprint density at radius 3 is 2.57 bits per heavy atom. The highest BCUT2D eigenvalue weighted by molar-refractivity contribution is 9.11. The summed E-state index contributed by atoms with van der Waals surface area (Å²) >= 11 is 10.4. The van der Waals surface area contributed by atoms with Gasteiger partial charge in [-0.05, 0) is 45.2 Å². The molecule has 0 aliphatic carbocycles. The summed E-state index contributed by atoms with van der Waals surface area (Å²) in [7, 11) is 0. The lowest BCUT2D eigenvalue weighted by Gasteiger charge is -1.96. The first-order valence-corrected chi connectivity index (χ1v) is 5.91. The van der Waals surface area contributed by atoms with Crippen LogP contribution in [0, 0.1) is 0 Å². The molecule has 0 saturated carbocycles. The van der Waals surface area contributed by atoms with Crippen molar-refractivity contribution >= 4 is 39.1 Å². The third-order valence-electron chi connectivity index (χ3n) is 1.72. The Morgan fingerprint density at radius 1 is 1.29 bits per heavy atom. The van der Waals surface area contributed by atoms with Gasteiger partial charge in [0.25, 0.3) is 0 Å². The number of nitrogens with zero attached hydrogens (tertiary/aromatic N) is 2. The van der Waals surface area contributed by atoms with Gasteiger partial charge in [0.05, 0.1) is 0 Å². The van der Waals surface area contributed by atoms with Gasteiger partial charge in [0.15, 0.2) is 3.92 Å². The van der Waals surface area contributed by atoms with Crippen LogP contribution in [0.15, 0.2) is 28.2 Å². The highest BCUT2D eigenvalue weighted by Gasteiger charge is 2.02. The fraction of sp³-hybridized carbons (Fsp3) is 0.111. The van der Waals surface area contributed by atoms with Crippen LogP contribution < -0.4 is 0 Å². The lowest BCUT2D eigenvalue weighted by atomic mass is 10.1. The molecule has 1 aromatic carbocycles. The first-order valence-electron chi connectivity index (χ1n) is 3.96. The van der Waals surface area contributed by atoms with Crippen LogP contribution in [0.1, 0.15) is 11.4 Å². The van der Waals surface area contributed by atoms with E-state index >= 15 is 0 Å². The van der Waals surface area contributed by atoms with Crippen LogP contribution in [-0.4, -0.2) is 9.36 Å². The molecule has 0 saturated heterocycles. The molecule has 0 spiro atoms. The molecule has 0 aliphatic rings. The zero-order valence-corrected chi connectivity index (χ0v) is 10.2. The minimum Gasteiger partial charge on any atom is -0.212 e. The second kappa shape index (κ2) is 4.38. The average molecular weight is 290 g/mol. The molecule has 0 atom stereocenters. The second-order valence-electron chi connectivity index (χ2n) is 2.77. The van der Waals surface area contributed by atoms with E-state index in [9.17, 15) is 0 Å². The van der Waals surface area contributed by atoms with E-state index in [0.717, 1.165) is 21.2 Å².